The quantitative estimate of drug-likeness (QED) is 0.645. The number of rotatable bonds is 3. The van der Waals surface area contributed by atoms with Crippen LogP contribution < -0.4 is 10.9 Å². The largest absolute Gasteiger partial charge is 0.508 e. The maximum Gasteiger partial charge on any atom is 0.253 e. The third-order valence-corrected chi connectivity index (χ3v) is 4.21. The lowest BCUT2D eigenvalue weighted by molar-refractivity contribution is 0.475. The van der Waals surface area contributed by atoms with E-state index in [1.807, 2.05) is 32.0 Å². The minimum atomic E-state index is -0.0790. The monoisotopic (exact) mass is 308 g/mol. The second-order valence-electron chi connectivity index (χ2n) is 6.00. The van der Waals surface area contributed by atoms with Crippen LogP contribution in [0.15, 0.2) is 41.2 Å². The standard InChI is InChI=1S/C19H20N2O2/c1-11-6-14-9-15(19(23)21-18(14)8-12(11)2)10-20-17-5-4-16(22)7-13(17)3/h4-9,20,22H,10H2,1-3H3,(H,21,23). The number of phenolic OH excluding ortho intramolecular Hbond substituents is 1. The number of aromatic nitrogens is 1. The minimum Gasteiger partial charge on any atom is -0.508 e. The smallest absolute Gasteiger partial charge is 0.253 e. The summed E-state index contributed by atoms with van der Waals surface area (Å²) in [6, 6.07) is 11.2. The topological polar surface area (TPSA) is 65.1 Å². The Hall–Kier alpha value is -2.75. The van der Waals surface area contributed by atoms with Crippen LogP contribution in [0.4, 0.5) is 5.69 Å². The molecule has 1 heterocycles. The van der Waals surface area contributed by atoms with E-state index in [0.717, 1.165) is 22.2 Å². The maximum absolute atomic E-state index is 12.3. The molecule has 0 unspecified atom stereocenters. The fourth-order valence-corrected chi connectivity index (χ4v) is 2.69. The van der Waals surface area contributed by atoms with Gasteiger partial charge in [-0.25, -0.2) is 0 Å². The molecule has 3 N–H and O–H groups in total. The number of aromatic hydroxyl groups is 1. The zero-order valence-electron chi connectivity index (χ0n) is 13.5. The van der Waals surface area contributed by atoms with Gasteiger partial charge in [-0.15, -0.1) is 0 Å². The summed E-state index contributed by atoms with van der Waals surface area (Å²) >= 11 is 0. The molecule has 0 radical (unpaired) electrons. The van der Waals surface area contributed by atoms with E-state index in [1.165, 1.54) is 11.1 Å². The summed E-state index contributed by atoms with van der Waals surface area (Å²) in [6.07, 6.45) is 0. The lowest BCUT2D eigenvalue weighted by Crippen LogP contribution is -2.16. The Labute approximate surface area is 134 Å². The molecule has 0 bridgehead atoms. The number of phenols is 1. The van der Waals surface area contributed by atoms with Crippen LogP contribution in [0, 0.1) is 20.8 Å². The number of aryl methyl sites for hydroxylation is 3. The van der Waals surface area contributed by atoms with Gasteiger partial charge in [-0.2, -0.15) is 0 Å². The van der Waals surface area contributed by atoms with Crippen LogP contribution in [-0.4, -0.2) is 10.1 Å². The molecule has 23 heavy (non-hydrogen) atoms. The second kappa shape index (κ2) is 5.80. The van der Waals surface area contributed by atoms with Crippen LogP contribution in [0.2, 0.25) is 0 Å². The normalized spacial score (nSPS) is 10.9. The summed E-state index contributed by atoms with van der Waals surface area (Å²) in [5, 5.41) is 13.7. The van der Waals surface area contributed by atoms with Gasteiger partial charge in [0.25, 0.3) is 5.56 Å². The molecule has 0 amide bonds. The summed E-state index contributed by atoms with van der Waals surface area (Å²) < 4.78 is 0. The number of nitrogens with one attached hydrogen (secondary N) is 2. The van der Waals surface area contributed by atoms with Crippen LogP contribution in [0.3, 0.4) is 0 Å². The van der Waals surface area contributed by atoms with Crippen molar-refractivity contribution in [1.82, 2.24) is 4.98 Å². The highest BCUT2D eigenvalue weighted by atomic mass is 16.3. The van der Waals surface area contributed by atoms with Gasteiger partial charge in [-0.3, -0.25) is 4.79 Å². The van der Waals surface area contributed by atoms with Crippen molar-refractivity contribution >= 4 is 16.6 Å². The molecule has 4 heteroatoms. The fraction of sp³-hybridized carbons (Fsp3) is 0.211. The Kier molecular flexibility index (Phi) is 3.82. The third-order valence-electron chi connectivity index (χ3n) is 4.21. The molecule has 3 aromatic rings. The third kappa shape index (κ3) is 3.06. The number of pyridine rings is 1. The molecule has 2 aromatic carbocycles. The first-order chi connectivity index (χ1) is 10.9. The molecule has 4 nitrogen and oxygen atoms in total. The van der Waals surface area contributed by atoms with E-state index >= 15 is 0 Å². The first-order valence-electron chi connectivity index (χ1n) is 7.60. The van der Waals surface area contributed by atoms with Gasteiger partial charge >= 0.3 is 0 Å². The van der Waals surface area contributed by atoms with Gasteiger partial charge in [0.1, 0.15) is 5.75 Å². The van der Waals surface area contributed by atoms with Crippen molar-refractivity contribution in [3.63, 3.8) is 0 Å². The number of benzene rings is 2. The zero-order chi connectivity index (χ0) is 16.6. The Morgan fingerprint density at radius 2 is 1.74 bits per heavy atom. The van der Waals surface area contributed by atoms with Gasteiger partial charge in [-0.1, -0.05) is 0 Å². The van der Waals surface area contributed by atoms with Crippen LogP contribution in [0.25, 0.3) is 10.9 Å². The SMILES string of the molecule is Cc1cc2cc(CNc3ccc(O)cc3C)c(=O)[nH]c2cc1C. The van der Waals surface area contributed by atoms with E-state index in [1.54, 1.807) is 12.1 Å². The Bertz CT molecular complexity index is 942. The number of aromatic amines is 1. The predicted molar refractivity (Wildman–Crippen MR) is 94.2 cm³/mol. The Morgan fingerprint density at radius 1 is 1.00 bits per heavy atom. The van der Waals surface area contributed by atoms with Crippen LogP contribution in [0.1, 0.15) is 22.3 Å². The van der Waals surface area contributed by atoms with Crippen molar-refractivity contribution in [1.29, 1.82) is 0 Å². The molecule has 0 atom stereocenters. The Balaban J connectivity index is 1.92. The van der Waals surface area contributed by atoms with Gasteiger partial charge in [0, 0.05) is 23.3 Å². The highest BCUT2D eigenvalue weighted by molar-refractivity contribution is 5.80. The molecule has 0 saturated carbocycles. The molecule has 0 saturated heterocycles. The van der Waals surface area contributed by atoms with Crippen molar-refractivity contribution < 1.29 is 5.11 Å². The molecule has 0 spiro atoms. The van der Waals surface area contributed by atoms with Crippen molar-refractivity contribution in [3.05, 3.63) is 69.0 Å². The molecule has 118 valence electrons. The van der Waals surface area contributed by atoms with Gasteiger partial charge in [0.05, 0.1) is 0 Å². The molecule has 3 rings (SSSR count). The van der Waals surface area contributed by atoms with Crippen LogP contribution in [-0.2, 0) is 6.54 Å². The van der Waals surface area contributed by atoms with Crippen molar-refractivity contribution in [2.24, 2.45) is 0 Å². The number of hydrogen-bond acceptors (Lipinski definition) is 3. The predicted octanol–water partition coefficient (Wildman–Crippen LogP) is 3.77. The zero-order valence-corrected chi connectivity index (χ0v) is 13.5. The lowest BCUT2D eigenvalue weighted by Gasteiger charge is -2.11. The first kappa shape index (κ1) is 15.2. The Morgan fingerprint density at radius 3 is 2.48 bits per heavy atom. The highest BCUT2D eigenvalue weighted by Gasteiger charge is 2.06. The summed E-state index contributed by atoms with van der Waals surface area (Å²) in [7, 11) is 0. The second-order valence-corrected chi connectivity index (χ2v) is 6.00. The van der Waals surface area contributed by atoms with E-state index in [4.69, 9.17) is 0 Å². The van der Waals surface area contributed by atoms with Crippen LogP contribution in [0.5, 0.6) is 5.75 Å². The van der Waals surface area contributed by atoms with Gasteiger partial charge in [0.15, 0.2) is 0 Å². The number of H-pyrrole nitrogens is 1. The average molecular weight is 308 g/mol. The fourth-order valence-electron chi connectivity index (χ4n) is 2.69. The lowest BCUT2D eigenvalue weighted by atomic mass is 10.0. The molecular formula is C19H20N2O2. The number of hydrogen-bond donors (Lipinski definition) is 3. The number of fused-ring (bicyclic) bond motifs is 1. The van der Waals surface area contributed by atoms with Gasteiger partial charge < -0.3 is 15.4 Å². The minimum absolute atomic E-state index is 0.0790. The molecule has 0 fully saturated rings. The highest BCUT2D eigenvalue weighted by Crippen LogP contribution is 2.21. The summed E-state index contributed by atoms with van der Waals surface area (Å²) in [4.78, 5) is 15.2. The molecule has 0 aliphatic heterocycles. The van der Waals surface area contributed by atoms with E-state index in [-0.39, 0.29) is 11.3 Å². The van der Waals surface area contributed by atoms with E-state index in [0.29, 0.717) is 12.1 Å². The van der Waals surface area contributed by atoms with Gasteiger partial charge in [-0.05, 0) is 79.2 Å². The molecule has 0 aliphatic carbocycles. The van der Waals surface area contributed by atoms with E-state index in [9.17, 15) is 9.90 Å². The van der Waals surface area contributed by atoms with Gasteiger partial charge in [0.2, 0.25) is 0 Å². The molecular weight excluding hydrogens is 288 g/mol. The summed E-state index contributed by atoms with van der Waals surface area (Å²) in [5.41, 5.74) is 5.69. The number of anilines is 1. The molecule has 1 aromatic heterocycles. The van der Waals surface area contributed by atoms with Crippen molar-refractivity contribution in [2.45, 2.75) is 27.3 Å². The summed E-state index contributed by atoms with van der Waals surface area (Å²) in [5.74, 6) is 0.238. The van der Waals surface area contributed by atoms with E-state index < -0.39 is 0 Å². The maximum atomic E-state index is 12.3. The summed E-state index contributed by atoms with van der Waals surface area (Å²) in [6.45, 7) is 6.45. The van der Waals surface area contributed by atoms with Crippen LogP contribution >= 0.6 is 0 Å². The van der Waals surface area contributed by atoms with Crippen molar-refractivity contribution in [2.75, 3.05) is 5.32 Å². The molecule has 0 aliphatic rings. The van der Waals surface area contributed by atoms with E-state index in [2.05, 4.69) is 23.3 Å². The first-order valence-corrected chi connectivity index (χ1v) is 7.60. The van der Waals surface area contributed by atoms with Crippen molar-refractivity contribution in [3.8, 4) is 5.75 Å². The average Bonchev–Trinajstić information content (AvgIpc) is 2.48.